The molecule has 2 atom stereocenters. The molecule has 1 amide bonds. The van der Waals surface area contributed by atoms with E-state index in [1.165, 1.54) is 6.92 Å². The molecule has 1 N–H and O–H groups in total. The zero-order valence-corrected chi connectivity index (χ0v) is 15.9. The fourth-order valence-corrected chi connectivity index (χ4v) is 2.65. The molecule has 0 aliphatic rings. The van der Waals surface area contributed by atoms with Gasteiger partial charge >= 0.3 is 17.9 Å². The lowest BCUT2D eigenvalue weighted by atomic mass is 9.87. The van der Waals surface area contributed by atoms with E-state index in [2.05, 4.69) is 14.8 Å². The van der Waals surface area contributed by atoms with E-state index >= 15 is 0 Å². The van der Waals surface area contributed by atoms with Crippen molar-refractivity contribution in [2.24, 2.45) is 11.8 Å². The fraction of sp³-hybridized carbons (Fsp3) is 0.474. The van der Waals surface area contributed by atoms with Crippen LogP contribution in [-0.4, -0.2) is 51.2 Å². The Hall–Kier alpha value is -2.90. The second kappa shape index (κ2) is 10.9. The molecule has 1 rings (SSSR count). The van der Waals surface area contributed by atoms with Gasteiger partial charge in [0, 0.05) is 12.3 Å². The predicted molar refractivity (Wildman–Crippen MR) is 95.4 cm³/mol. The molecule has 0 saturated carbocycles. The van der Waals surface area contributed by atoms with E-state index in [1.807, 2.05) is 30.3 Å². The first-order chi connectivity index (χ1) is 12.8. The third-order valence-electron chi connectivity index (χ3n) is 4.22. The van der Waals surface area contributed by atoms with E-state index < -0.39 is 41.7 Å². The van der Waals surface area contributed by atoms with Gasteiger partial charge in [-0.1, -0.05) is 37.3 Å². The molecule has 1 aromatic rings. The van der Waals surface area contributed by atoms with Crippen molar-refractivity contribution in [2.45, 2.75) is 25.8 Å². The molecular weight excluding hydrogens is 354 g/mol. The zero-order valence-electron chi connectivity index (χ0n) is 15.9. The van der Waals surface area contributed by atoms with Crippen LogP contribution >= 0.6 is 0 Å². The molecule has 0 heterocycles. The first-order valence-electron chi connectivity index (χ1n) is 8.42. The van der Waals surface area contributed by atoms with Crippen molar-refractivity contribution >= 4 is 23.8 Å². The van der Waals surface area contributed by atoms with E-state index in [0.29, 0.717) is 6.42 Å². The molecule has 8 heteroatoms. The van der Waals surface area contributed by atoms with Crippen molar-refractivity contribution in [1.82, 2.24) is 5.32 Å². The predicted octanol–water partition coefficient (Wildman–Crippen LogP) is 0.875. The van der Waals surface area contributed by atoms with E-state index in [0.717, 1.165) is 26.9 Å². The lowest BCUT2D eigenvalue weighted by Crippen LogP contribution is -2.51. The summed E-state index contributed by atoms with van der Waals surface area (Å²) in [5.41, 5.74) is 0.970. The van der Waals surface area contributed by atoms with Gasteiger partial charge in [0.05, 0.1) is 21.3 Å². The van der Waals surface area contributed by atoms with Crippen LogP contribution in [0.5, 0.6) is 0 Å². The van der Waals surface area contributed by atoms with Crippen molar-refractivity contribution in [2.75, 3.05) is 21.3 Å². The van der Waals surface area contributed by atoms with Gasteiger partial charge in [0.15, 0.2) is 5.92 Å². The van der Waals surface area contributed by atoms with Crippen LogP contribution in [0.1, 0.15) is 18.9 Å². The molecule has 8 nitrogen and oxygen atoms in total. The molecular formula is C19H25NO7. The molecule has 27 heavy (non-hydrogen) atoms. The summed E-state index contributed by atoms with van der Waals surface area (Å²) in [5, 5.41) is 2.55. The van der Waals surface area contributed by atoms with Gasteiger partial charge in [-0.3, -0.25) is 14.4 Å². The molecule has 0 saturated heterocycles. The largest absolute Gasteiger partial charge is 0.468 e. The normalized spacial score (nSPS) is 12.6. The number of aryl methyl sites for hydroxylation is 1. The molecule has 0 bridgehead atoms. The molecule has 0 aromatic heterocycles. The monoisotopic (exact) mass is 379 g/mol. The third kappa shape index (κ3) is 6.40. The molecule has 0 fully saturated rings. The number of amides is 1. The van der Waals surface area contributed by atoms with E-state index in [9.17, 15) is 19.2 Å². The number of hydrogen-bond acceptors (Lipinski definition) is 7. The third-order valence-corrected chi connectivity index (χ3v) is 4.22. The second-order valence-electron chi connectivity index (χ2n) is 5.94. The highest BCUT2D eigenvalue weighted by Gasteiger charge is 2.42. The van der Waals surface area contributed by atoms with Gasteiger partial charge in [-0.25, -0.2) is 4.79 Å². The lowest BCUT2D eigenvalue weighted by Gasteiger charge is -2.27. The summed E-state index contributed by atoms with van der Waals surface area (Å²) in [4.78, 5) is 48.4. The van der Waals surface area contributed by atoms with Crippen LogP contribution in [0.15, 0.2) is 30.3 Å². The van der Waals surface area contributed by atoms with Crippen molar-refractivity contribution in [3.8, 4) is 0 Å². The summed E-state index contributed by atoms with van der Waals surface area (Å²) in [6.45, 7) is 1.47. The molecule has 0 unspecified atom stereocenters. The number of carbonyl (C=O) groups is 4. The topological polar surface area (TPSA) is 108 Å². The average Bonchev–Trinajstić information content (AvgIpc) is 2.70. The summed E-state index contributed by atoms with van der Waals surface area (Å²) in [6.07, 6.45) is 0.609. The maximum Gasteiger partial charge on any atom is 0.328 e. The summed E-state index contributed by atoms with van der Waals surface area (Å²) in [6, 6.07) is 8.17. The van der Waals surface area contributed by atoms with Crippen molar-refractivity contribution in [3.63, 3.8) is 0 Å². The maximum atomic E-state index is 12.3. The van der Waals surface area contributed by atoms with Gasteiger partial charge in [-0.05, 0) is 12.0 Å². The van der Waals surface area contributed by atoms with Crippen LogP contribution in [0.4, 0.5) is 0 Å². The number of carbonyl (C=O) groups excluding carboxylic acids is 4. The molecule has 1 aromatic carbocycles. The first-order valence-corrected chi connectivity index (χ1v) is 8.42. The fourth-order valence-electron chi connectivity index (χ4n) is 2.65. The number of esters is 3. The van der Waals surface area contributed by atoms with Crippen molar-refractivity contribution in [3.05, 3.63) is 35.9 Å². The van der Waals surface area contributed by atoms with Gasteiger partial charge in [0.2, 0.25) is 5.91 Å². The van der Waals surface area contributed by atoms with Crippen molar-refractivity contribution in [1.29, 1.82) is 0 Å². The van der Waals surface area contributed by atoms with E-state index in [-0.39, 0.29) is 6.42 Å². The minimum absolute atomic E-state index is 0.130. The van der Waals surface area contributed by atoms with Gasteiger partial charge in [0.25, 0.3) is 0 Å². The molecule has 148 valence electrons. The van der Waals surface area contributed by atoms with E-state index in [4.69, 9.17) is 4.74 Å². The number of nitrogens with one attached hydrogen (secondary N) is 1. The Morgan fingerprint density at radius 2 is 1.41 bits per heavy atom. The summed E-state index contributed by atoms with van der Waals surface area (Å²) >= 11 is 0. The minimum atomic E-state index is -1.38. The smallest absolute Gasteiger partial charge is 0.328 e. The second-order valence-corrected chi connectivity index (χ2v) is 5.94. The maximum absolute atomic E-state index is 12.3. The minimum Gasteiger partial charge on any atom is -0.468 e. The number of ether oxygens (including phenoxy) is 3. The lowest BCUT2D eigenvalue weighted by molar-refractivity contribution is -0.163. The Morgan fingerprint density at radius 1 is 0.889 bits per heavy atom. The van der Waals surface area contributed by atoms with Crippen molar-refractivity contribution < 1.29 is 33.4 Å². The summed E-state index contributed by atoms with van der Waals surface area (Å²) in [7, 11) is 3.40. The zero-order chi connectivity index (χ0) is 20.4. The van der Waals surface area contributed by atoms with E-state index in [1.54, 1.807) is 0 Å². The summed E-state index contributed by atoms with van der Waals surface area (Å²) in [5.74, 6) is -5.21. The van der Waals surface area contributed by atoms with Gasteiger partial charge in [-0.2, -0.15) is 0 Å². The van der Waals surface area contributed by atoms with Gasteiger partial charge < -0.3 is 19.5 Å². The van der Waals surface area contributed by atoms with Crippen LogP contribution in [0.3, 0.4) is 0 Å². The number of methoxy groups -OCH3 is 3. The van der Waals surface area contributed by atoms with Crippen LogP contribution in [-0.2, 0) is 39.8 Å². The molecule has 0 aliphatic heterocycles. The average molecular weight is 379 g/mol. The Morgan fingerprint density at radius 3 is 1.89 bits per heavy atom. The highest BCUT2D eigenvalue weighted by molar-refractivity contribution is 5.96. The van der Waals surface area contributed by atoms with Crippen LogP contribution in [0.25, 0.3) is 0 Å². The summed E-state index contributed by atoms with van der Waals surface area (Å²) < 4.78 is 14.0. The van der Waals surface area contributed by atoms with Crippen LogP contribution in [0.2, 0.25) is 0 Å². The molecule has 0 radical (unpaired) electrons. The first kappa shape index (κ1) is 22.1. The standard InChI is InChI=1S/C19H25NO7/c1-12(15(17(22)25-2)18(23)26-3)16(19(24)27-4)20-14(21)11-10-13-8-6-5-7-9-13/h5-9,12,15-16H,10-11H2,1-4H3,(H,20,21)/t12-,16+/m1/s1. The van der Waals surface area contributed by atoms with Crippen LogP contribution < -0.4 is 5.32 Å². The number of hydrogen-bond donors (Lipinski definition) is 1. The number of benzene rings is 1. The Bertz CT molecular complexity index is 643. The SMILES string of the molecule is COC(=O)C(C(=O)OC)[C@@H](C)[C@H](NC(=O)CCc1ccccc1)C(=O)OC. The number of rotatable bonds is 9. The Kier molecular flexibility index (Phi) is 8.98. The quantitative estimate of drug-likeness (QED) is 0.385. The van der Waals surface area contributed by atoms with Gasteiger partial charge in [0.1, 0.15) is 6.04 Å². The molecule has 0 aliphatic carbocycles. The Labute approximate surface area is 158 Å². The highest BCUT2D eigenvalue weighted by Crippen LogP contribution is 2.20. The van der Waals surface area contributed by atoms with Crippen LogP contribution in [0, 0.1) is 11.8 Å². The van der Waals surface area contributed by atoms with Gasteiger partial charge in [-0.15, -0.1) is 0 Å². The highest BCUT2D eigenvalue weighted by atomic mass is 16.5. The Balaban J connectivity index is 2.89. The molecule has 0 spiro atoms.